The third-order valence-corrected chi connectivity index (χ3v) is 5.16. The van der Waals surface area contributed by atoms with Crippen LogP contribution in [-0.2, 0) is 13.0 Å². The molecule has 1 aliphatic heterocycles. The van der Waals surface area contributed by atoms with Gasteiger partial charge in [0.05, 0.1) is 0 Å². The molecule has 1 aromatic carbocycles. The summed E-state index contributed by atoms with van der Waals surface area (Å²) in [6, 6.07) is 13.5. The predicted octanol–water partition coefficient (Wildman–Crippen LogP) is 3.59. The molecule has 122 valence electrons. The Hall–Kier alpha value is -1.23. The molecule has 1 unspecified atom stereocenters. The molecular weight excluding hydrogens is 350 g/mol. The molecule has 2 heterocycles. The molecule has 0 saturated carbocycles. The first-order chi connectivity index (χ1) is 11.2. The molecular formula is C19H24BrN3. The van der Waals surface area contributed by atoms with Crippen molar-refractivity contribution in [3.8, 4) is 0 Å². The molecule has 0 bridgehead atoms. The Labute approximate surface area is 147 Å². The van der Waals surface area contributed by atoms with Crippen molar-refractivity contribution >= 4 is 15.9 Å². The Kier molecular flexibility index (Phi) is 5.81. The number of hydrogen-bond acceptors (Lipinski definition) is 3. The summed E-state index contributed by atoms with van der Waals surface area (Å²) in [5.74, 6) is 0. The predicted molar refractivity (Wildman–Crippen MR) is 98.4 cm³/mol. The monoisotopic (exact) mass is 373 g/mol. The maximum atomic E-state index is 4.09. The molecule has 1 atom stereocenters. The smallest absolute Gasteiger partial charge is 0.0271 e. The highest BCUT2D eigenvalue weighted by Crippen LogP contribution is 2.16. The number of aromatic nitrogens is 1. The highest BCUT2D eigenvalue weighted by atomic mass is 79.9. The van der Waals surface area contributed by atoms with E-state index >= 15 is 0 Å². The number of benzene rings is 1. The summed E-state index contributed by atoms with van der Waals surface area (Å²) in [7, 11) is 0. The minimum Gasteiger partial charge on any atom is -0.298 e. The quantitative estimate of drug-likeness (QED) is 0.797. The molecule has 1 aromatic heterocycles. The second-order valence-electron chi connectivity index (χ2n) is 6.35. The van der Waals surface area contributed by atoms with Crippen LogP contribution >= 0.6 is 15.9 Å². The SMILES string of the molecule is CC(Cc1ccc(Br)cc1)N1CCN(Cc2ccncc2)CC1. The number of piperazine rings is 1. The van der Waals surface area contributed by atoms with Gasteiger partial charge in [-0.3, -0.25) is 14.8 Å². The van der Waals surface area contributed by atoms with Crippen molar-refractivity contribution in [3.63, 3.8) is 0 Å². The summed E-state index contributed by atoms with van der Waals surface area (Å²) < 4.78 is 1.15. The highest BCUT2D eigenvalue weighted by Gasteiger charge is 2.21. The molecule has 0 spiro atoms. The van der Waals surface area contributed by atoms with Gasteiger partial charge in [-0.05, 0) is 48.7 Å². The maximum Gasteiger partial charge on any atom is 0.0271 e. The highest BCUT2D eigenvalue weighted by molar-refractivity contribution is 9.10. The van der Waals surface area contributed by atoms with Gasteiger partial charge in [-0.2, -0.15) is 0 Å². The topological polar surface area (TPSA) is 19.4 Å². The van der Waals surface area contributed by atoms with Gasteiger partial charge in [0, 0.05) is 55.6 Å². The lowest BCUT2D eigenvalue weighted by molar-refractivity contribution is 0.0978. The fraction of sp³-hybridized carbons (Fsp3) is 0.421. The van der Waals surface area contributed by atoms with E-state index in [9.17, 15) is 0 Å². The first-order valence-corrected chi connectivity index (χ1v) is 9.10. The molecule has 1 saturated heterocycles. The standard InChI is InChI=1S/C19H24BrN3/c1-16(14-17-2-4-19(20)5-3-17)23-12-10-22(11-13-23)15-18-6-8-21-9-7-18/h2-9,16H,10-15H2,1H3. The molecule has 0 N–H and O–H groups in total. The van der Waals surface area contributed by atoms with Crippen LogP contribution in [0, 0.1) is 0 Å². The molecule has 23 heavy (non-hydrogen) atoms. The van der Waals surface area contributed by atoms with Gasteiger partial charge in [0.2, 0.25) is 0 Å². The number of pyridine rings is 1. The van der Waals surface area contributed by atoms with Crippen molar-refractivity contribution in [2.24, 2.45) is 0 Å². The van der Waals surface area contributed by atoms with Crippen LogP contribution in [-0.4, -0.2) is 47.0 Å². The van der Waals surface area contributed by atoms with Crippen LogP contribution in [0.25, 0.3) is 0 Å². The molecule has 0 aliphatic carbocycles. The van der Waals surface area contributed by atoms with Gasteiger partial charge in [-0.15, -0.1) is 0 Å². The number of nitrogens with zero attached hydrogens (tertiary/aromatic N) is 3. The van der Waals surface area contributed by atoms with Gasteiger partial charge in [-0.25, -0.2) is 0 Å². The summed E-state index contributed by atoms with van der Waals surface area (Å²) in [5.41, 5.74) is 2.77. The summed E-state index contributed by atoms with van der Waals surface area (Å²) in [4.78, 5) is 9.25. The Morgan fingerprint density at radius 2 is 1.61 bits per heavy atom. The lowest BCUT2D eigenvalue weighted by Crippen LogP contribution is -2.49. The first-order valence-electron chi connectivity index (χ1n) is 8.30. The summed E-state index contributed by atoms with van der Waals surface area (Å²) in [5, 5.41) is 0. The van der Waals surface area contributed by atoms with E-state index in [4.69, 9.17) is 0 Å². The Morgan fingerprint density at radius 3 is 2.26 bits per heavy atom. The molecule has 2 aromatic rings. The molecule has 1 aliphatic rings. The summed E-state index contributed by atoms with van der Waals surface area (Å²) in [6.45, 7) is 7.99. The Bertz CT molecular complexity index is 592. The van der Waals surface area contributed by atoms with Gasteiger partial charge < -0.3 is 0 Å². The number of rotatable bonds is 5. The van der Waals surface area contributed by atoms with Crippen molar-refractivity contribution < 1.29 is 0 Å². The van der Waals surface area contributed by atoms with Crippen LogP contribution in [0.15, 0.2) is 53.3 Å². The van der Waals surface area contributed by atoms with E-state index in [0.717, 1.165) is 43.6 Å². The molecule has 0 radical (unpaired) electrons. The first kappa shape index (κ1) is 16.6. The molecule has 1 fully saturated rings. The lowest BCUT2D eigenvalue weighted by Gasteiger charge is -2.38. The third kappa shape index (κ3) is 4.87. The fourth-order valence-corrected chi connectivity index (χ4v) is 3.46. The van der Waals surface area contributed by atoms with Crippen LogP contribution in [0.4, 0.5) is 0 Å². The average Bonchev–Trinajstić information content (AvgIpc) is 2.58. The number of hydrogen-bond donors (Lipinski definition) is 0. The van der Waals surface area contributed by atoms with Crippen molar-refractivity contribution in [1.29, 1.82) is 0 Å². The van der Waals surface area contributed by atoms with E-state index in [1.54, 1.807) is 0 Å². The molecule has 4 heteroatoms. The maximum absolute atomic E-state index is 4.09. The van der Waals surface area contributed by atoms with Crippen molar-refractivity contribution in [2.45, 2.75) is 25.9 Å². The molecule has 3 rings (SSSR count). The van der Waals surface area contributed by atoms with Gasteiger partial charge in [0.1, 0.15) is 0 Å². The Morgan fingerprint density at radius 1 is 0.957 bits per heavy atom. The van der Waals surface area contributed by atoms with Crippen LogP contribution in [0.5, 0.6) is 0 Å². The van der Waals surface area contributed by atoms with E-state index in [1.165, 1.54) is 11.1 Å². The van der Waals surface area contributed by atoms with Crippen molar-refractivity contribution in [1.82, 2.24) is 14.8 Å². The average molecular weight is 374 g/mol. The normalized spacial score (nSPS) is 18.0. The van der Waals surface area contributed by atoms with Gasteiger partial charge >= 0.3 is 0 Å². The minimum atomic E-state index is 0.597. The van der Waals surface area contributed by atoms with Crippen LogP contribution in [0.2, 0.25) is 0 Å². The van der Waals surface area contributed by atoms with Crippen LogP contribution in [0.1, 0.15) is 18.1 Å². The largest absolute Gasteiger partial charge is 0.298 e. The second-order valence-corrected chi connectivity index (χ2v) is 7.26. The van der Waals surface area contributed by atoms with E-state index < -0.39 is 0 Å². The zero-order chi connectivity index (χ0) is 16.1. The minimum absolute atomic E-state index is 0.597. The van der Waals surface area contributed by atoms with Gasteiger partial charge in [-0.1, -0.05) is 28.1 Å². The van der Waals surface area contributed by atoms with E-state index in [2.05, 4.69) is 74.0 Å². The van der Waals surface area contributed by atoms with Crippen LogP contribution < -0.4 is 0 Å². The fourth-order valence-electron chi connectivity index (χ4n) is 3.20. The van der Waals surface area contributed by atoms with E-state index in [1.807, 2.05) is 12.4 Å². The zero-order valence-corrected chi connectivity index (χ0v) is 15.2. The number of halogens is 1. The van der Waals surface area contributed by atoms with Crippen molar-refractivity contribution in [3.05, 3.63) is 64.4 Å². The van der Waals surface area contributed by atoms with Crippen molar-refractivity contribution in [2.75, 3.05) is 26.2 Å². The van der Waals surface area contributed by atoms with Crippen LogP contribution in [0.3, 0.4) is 0 Å². The van der Waals surface area contributed by atoms with Gasteiger partial charge in [0.15, 0.2) is 0 Å². The second kappa shape index (κ2) is 8.04. The third-order valence-electron chi connectivity index (χ3n) is 4.63. The zero-order valence-electron chi connectivity index (χ0n) is 13.7. The van der Waals surface area contributed by atoms with E-state index in [-0.39, 0.29) is 0 Å². The van der Waals surface area contributed by atoms with Gasteiger partial charge in [0.25, 0.3) is 0 Å². The summed E-state index contributed by atoms with van der Waals surface area (Å²) in [6.07, 6.45) is 4.88. The van der Waals surface area contributed by atoms with E-state index in [0.29, 0.717) is 6.04 Å². The molecule has 0 amide bonds. The Balaban J connectivity index is 1.47. The lowest BCUT2D eigenvalue weighted by atomic mass is 10.1. The molecule has 3 nitrogen and oxygen atoms in total. The summed E-state index contributed by atoms with van der Waals surface area (Å²) >= 11 is 3.50.